The lowest BCUT2D eigenvalue weighted by Gasteiger charge is -2.18. The number of rotatable bonds is 1. The minimum Gasteiger partial charge on any atom is -0.310 e. The summed E-state index contributed by atoms with van der Waals surface area (Å²) in [5, 5.41) is 1.91. The number of alkyl halides is 1. The summed E-state index contributed by atoms with van der Waals surface area (Å²) in [6.45, 7) is 0.562. The molecule has 1 unspecified atom stereocenters. The van der Waals surface area contributed by atoms with Gasteiger partial charge < -0.3 is 4.90 Å². The molecule has 1 saturated heterocycles. The van der Waals surface area contributed by atoms with E-state index in [0.717, 1.165) is 20.9 Å². The maximum atomic E-state index is 11.9. The van der Waals surface area contributed by atoms with Crippen molar-refractivity contribution in [2.24, 2.45) is 0 Å². The minimum absolute atomic E-state index is 0.0717. The molecule has 0 aliphatic carbocycles. The molecule has 3 nitrogen and oxygen atoms in total. The van der Waals surface area contributed by atoms with E-state index in [4.69, 9.17) is 11.6 Å². The van der Waals surface area contributed by atoms with Crippen LogP contribution in [-0.4, -0.2) is 22.8 Å². The Balaban J connectivity index is 2.18. The number of halogens is 2. The van der Waals surface area contributed by atoms with Crippen LogP contribution in [0.25, 0.3) is 10.8 Å². The number of fused-ring (bicyclic) bond motifs is 1. The molecule has 1 aliphatic heterocycles. The first-order chi connectivity index (χ1) is 8.66. The van der Waals surface area contributed by atoms with Crippen LogP contribution in [0.1, 0.15) is 6.42 Å². The molecule has 0 saturated carbocycles. The number of nitrogens with zero attached hydrogens (tertiary/aromatic N) is 2. The van der Waals surface area contributed by atoms with Crippen molar-refractivity contribution in [3.8, 4) is 0 Å². The van der Waals surface area contributed by atoms with Gasteiger partial charge in [0, 0.05) is 40.6 Å². The number of aromatic nitrogens is 1. The number of anilines is 1. The molecule has 3 rings (SSSR count). The lowest BCUT2D eigenvalue weighted by atomic mass is 10.1. The maximum Gasteiger partial charge on any atom is 0.228 e. The summed E-state index contributed by atoms with van der Waals surface area (Å²) in [6.07, 6.45) is 3.93. The largest absolute Gasteiger partial charge is 0.310 e. The van der Waals surface area contributed by atoms with Crippen LogP contribution in [0.4, 0.5) is 5.69 Å². The number of benzene rings is 1. The summed E-state index contributed by atoms with van der Waals surface area (Å²) in [7, 11) is 0. The second-order valence-electron chi connectivity index (χ2n) is 4.29. The molecule has 0 bridgehead atoms. The Morgan fingerprint density at radius 2 is 2.17 bits per heavy atom. The molecule has 92 valence electrons. The Bertz CT molecular complexity index is 631. The van der Waals surface area contributed by atoms with Crippen LogP contribution in [0.5, 0.6) is 0 Å². The van der Waals surface area contributed by atoms with Crippen molar-refractivity contribution in [1.29, 1.82) is 0 Å². The van der Waals surface area contributed by atoms with Gasteiger partial charge in [-0.15, -0.1) is 11.6 Å². The Morgan fingerprint density at radius 1 is 1.33 bits per heavy atom. The van der Waals surface area contributed by atoms with E-state index in [0.29, 0.717) is 13.0 Å². The Morgan fingerprint density at radius 3 is 2.89 bits per heavy atom. The van der Waals surface area contributed by atoms with Gasteiger partial charge in [-0.1, -0.05) is 15.9 Å². The molecule has 5 heteroatoms. The molecule has 1 aromatic carbocycles. The van der Waals surface area contributed by atoms with Crippen molar-refractivity contribution in [1.82, 2.24) is 4.98 Å². The number of pyridine rings is 1. The van der Waals surface area contributed by atoms with Crippen molar-refractivity contribution in [3.63, 3.8) is 0 Å². The van der Waals surface area contributed by atoms with Crippen LogP contribution in [0.15, 0.2) is 35.1 Å². The van der Waals surface area contributed by atoms with Crippen LogP contribution < -0.4 is 4.90 Å². The molecule has 0 spiro atoms. The van der Waals surface area contributed by atoms with E-state index in [1.165, 1.54) is 0 Å². The summed E-state index contributed by atoms with van der Waals surface area (Å²) in [5.41, 5.74) is 0.884. The summed E-state index contributed by atoms with van der Waals surface area (Å²) < 4.78 is 0.998. The third kappa shape index (κ3) is 1.89. The standard InChI is InChI=1S/C13H10BrClN2O/c14-11-1-2-12(10-6-16-4-3-9(10)11)17-7-8(15)5-13(17)18/h1-4,6,8H,5,7H2. The first kappa shape index (κ1) is 11.9. The third-order valence-corrected chi connectivity index (χ3v) is 4.09. The van der Waals surface area contributed by atoms with Gasteiger partial charge in [-0.25, -0.2) is 0 Å². The summed E-state index contributed by atoms with van der Waals surface area (Å²) in [6, 6.07) is 5.81. The number of amides is 1. The highest BCUT2D eigenvalue weighted by Gasteiger charge is 2.30. The van der Waals surface area contributed by atoms with E-state index in [9.17, 15) is 4.79 Å². The Hall–Kier alpha value is -1.13. The fraction of sp³-hybridized carbons (Fsp3) is 0.231. The molecule has 1 aromatic heterocycles. The normalized spacial score (nSPS) is 19.8. The van der Waals surface area contributed by atoms with Gasteiger partial charge in [0.15, 0.2) is 0 Å². The second-order valence-corrected chi connectivity index (χ2v) is 5.77. The molecule has 0 radical (unpaired) electrons. The topological polar surface area (TPSA) is 33.2 Å². The third-order valence-electron chi connectivity index (χ3n) is 3.11. The number of carbonyl (C=O) groups is 1. The Kier molecular flexibility index (Phi) is 2.99. The van der Waals surface area contributed by atoms with Gasteiger partial charge in [0.2, 0.25) is 5.91 Å². The number of carbonyl (C=O) groups excluding carboxylic acids is 1. The average Bonchev–Trinajstić information content (AvgIpc) is 2.69. The van der Waals surface area contributed by atoms with E-state index in [2.05, 4.69) is 20.9 Å². The van der Waals surface area contributed by atoms with E-state index in [-0.39, 0.29) is 11.3 Å². The predicted molar refractivity (Wildman–Crippen MR) is 76.1 cm³/mol. The highest BCUT2D eigenvalue weighted by Crippen LogP contribution is 2.34. The summed E-state index contributed by atoms with van der Waals surface area (Å²) in [4.78, 5) is 17.8. The van der Waals surface area contributed by atoms with Crippen molar-refractivity contribution in [2.75, 3.05) is 11.4 Å². The first-order valence-electron chi connectivity index (χ1n) is 5.63. The average molecular weight is 326 g/mol. The highest BCUT2D eigenvalue weighted by molar-refractivity contribution is 9.10. The minimum atomic E-state index is -0.104. The van der Waals surface area contributed by atoms with E-state index >= 15 is 0 Å². The first-order valence-corrected chi connectivity index (χ1v) is 6.86. The van der Waals surface area contributed by atoms with Crippen molar-refractivity contribution in [3.05, 3.63) is 35.1 Å². The van der Waals surface area contributed by atoms with Gasteiger partial charge in [0.1, 0.15) is 0 Å². The molecule has 2 aromatic rings. The lowest BCUT2D eigenvalue weighted by Crippen LogP contribution is -2.24. The van der Waals surface area contributed by atoms with E-state index in [1.54, 1.807) is 17.3 Å². The summed E-state index contributed by atoms with van der Waals surface area (Å²) >= 11 is 9.56. The molecule has 1 atom stereocenters. The molecular weight excluding hydrogens is 316 g/mol. The van der Waals surface area contributed by atoms with Crippen LogP contribution in [0.2, 0.25) is 0 Å². The predicted octanol–water partition coefficient (Wildman–Crippen LogP) is 3.34. The fourth-order valence-electron chi connectivity index (χ4n) is 2.27. The van der Waals surface area contributed by atoms with Crippen LogP contribution >= 0.6 is 27.5 Å². The molecule has 1 fully saturated rings. The van der Waals surface area contributed by atoms with Gasteiger partial charge in [-0.3, -0.25) is 9.78 Å². The molecule has 2 heterocycles. The van der Waals surface area contributed by atoms with Crippen LogP contribution in [-0.2, 0) is 4.79 Å². The quantitative estimate of drug-likeness (QED) is 0.753. The van der Waals surface area contributed by atoms with Crippen LogP contribution in [0, 0.1) is 0 Å². The smallest absolute Gasteiger partial charge is 0.228 e. The monoisotopic (exact) mass is 324 g/mol. The fourth-order valence-corrected chi connectivity index (χ4v) is 3.02. The van der Waals surface area contributed by atoms with Crippen LogP contribution in [0.3, 0.4) is 0 Å². The van der Waals surface area contributed by atoms with Crippen molar-refractivity contribution in [2.45, 2.75) is 11.8 Å². The maximum absolute atomic E-state index is 11.9. The molecule has 1 aliphatic rings. The van der Waals surface area contributed by atoms with Gasteiger partial charge in [0.05, 0.1) is 11.1 Å². The SMILES string of the molecule is O=C1CC(Cl)CN1c1ccc(Br)c2ccncc12. The molecule has 1 amide bonds. The number of hydrogen-bond acceptors (Lipinski definition) is 2. The highest BCUT2D eigenvalue weighted by atomic mass is 79.9. The van der Waals surface area contributed by atoms with E-state index in [1.807, 2.05) is 18.2 Å². The molecule has 18 heavy (non-hydrogen) atoms. The zero-order valence-corrected chi connectivity index (χ0v) is 11.8. The van der Waals surface area contributed by atoms with Gasteiger partial charge in [-0.2, -0.15) is 0 Å². The van der Waals surface area contributed by atoms with Crippen molar-refractivity contribution < 1.29 is 4.79 Å². The second kappa shape index (κ2) is 4.52. The zero-order valence-electron chi connectivity index (χ0n) is 9.44. The lowest BCUT2D eigenvalue weighted by molar-refractivity contribution is -0.117. The van der Waals surface area contributed by atoms with Crippen molar-refractivity contribution >= 4 is 49.9 Å². The number of hydrogen-bond donors (Lipinski definition) is 0. The molecule has 0 N–H and O–H groups in total. The summed E-state index contributed by atoms with van der Waals surface area (Å²) in [5.74, 6) is 0.0717. The van der Waals surface area contributed by atoms with Gasteiger partial charge >= 0.3 is 0 Å². The molecular formula is C13H10BrClN2O. The van der Waals surface area contributed by atoms with E-state index < -0.39 is 0 Å². The Labute approximate surface area is 118 Å². The van der Waals surface area contributed by atoms with Gasteiger partial charge in [-0.05, 0) is 18.2 Å². The van der Waals surface area contributed by atoms with Gasteiger partial charge in [0.25, 0.3) is 0 Å². The zero-order chi connectivity index (χ0) is 12.7.